The highest BCUT2D eigenvalue weighted by atomic mass is 16.1. The minimum absolute atomic E-state index is 0.552. The van der Waals surface area contributed by atoms with Gasteiger partial charge in [0.25, 0.3) is 0 Å². The molecule has 0 spiro atoms. The molecule has 0 aliphatic heterocycles. The second-order valence-electron chi connectivity index (χ2n) is 3.62. The van der Waals surface area contributed by atoms with Crippen LogP contribution >= 0.6 is 0 Å². The summed E-state index contributed by atoms with van der Waals surface area (Å²) >= 11 is 0. The van der Waals surface area contributed by atoms with Gasteiger partial charge in [-0.15, -0.1) is 0 Å². The minimum atomic E-state index is 0.552. The van der Waals surface area contributed by atoms with Crippen LogP contribution in [0.1, 0.15) is 11.1 Å². The number of nitrogens with zero attached hydrogens (tertiary/aromatic N) is 2. The van der Waals surface area contributed by atoms with Crippen LogP contribution in [-0.4, -0.2) is 12.2 Å². The van der Waals surface area contributed by atoms with Crippen LogP contribution in [0.2, 0.25) is 0 Å². The van der Waals surface area contributed by atoms with E-state index in [0.717, 1.165) is 11.1 Å². The van der Waals surface area contributed by atoms with Crippen LogP contribution in [0.4, 0.5) is 11.4 Å². The summed E-state index contributed by atoms with van der Waals surface area (Å²) in [5, 5.41) is 0. The molecule has 0 aliphatic carbocycles. The third-order valence-electron chi connectivity index (χ3n) is 2.37. The first-order valence-electron chi connectivity index (χ1n) is 5.45. The van der Waals surface area contributed by atoms with Gasteiger partial charge >= 0.3 is 0 Å². The highest BCUT2D eigenvalue weighted by molar-refractivity contribution is 5.53. The Morgan fingerprint density at radius 2 is 1.00 bits per heavy atom. The Hall–Kier alpha value is -2.80. The van der Waals surface area contributed by atoms with Crippen LogP contribution in [0, 0.1) is 6.42 Å². The van der Waals surface area contributed by atoms with E-state index < -0.39 is 0 Å². The Morgan fingerprint density at radius 1 is 0.632 bits per heavy atom. The van der Waals surface area contributed by atoms with Crippen molar-refractivity contribution in [3.05, 3.63) is 66.1 Å². The second-order valence-corrected chi connectivity index (χ2v) is 3.62. The molecule has 0 heterocycles. The van der Waals surface area contributed by atoms with E-state index in [1.807, 2.05) is 0 Å². The topological polar surface area (TPSA) is 58.9 Å². The van der Waals surface area contributed by atoms with Gasteiger partial charge in [-0.2, -0.15) is 9.98 Å². The molecule has 0 N–H and O–H groups in total. The van der Waals surface area contributed by atoms with E-state index in [9.17, 15) is 9.59 Å². The maximum atomic E-state index is 10.1. The van der Waals surface area contributed by atoms with Crippen LogP contribution in [0.15, 0.2) is 58.5 Å². The Kier molecular flexibility index (Phi) is 4.14. The second kappa shape index (κ2) is 6.22. The predicted molar refractivity (Wildman–Crippen MR) is 69.9 cm³/mol. The van der Waals surface area contributed by atoms with Gasteiger partial charge in [-0.05, 0) is 35.4 Å². The zero-order valence-corrected chi connectivity index (χ0v) is 9.83. The smallest absolute Gasteiger partial charge is 0.211 e. The fourth-order valence-electron chi connectivity index (χ4n) is 1.51. The molecule has 0 aromatic heterocycles. The number of benzene rings is 2. The van der Waals surface area contributed by atoms with E-state index in [1.165, 1.54) is 12.2 Å². The van der Waals surface area contributed by atoms with Crippen molar-refractivity contribution in [1.82, 2.24) is 0 Å². The molecule has 4 nitrogen and oxygen atoms in total. The molecule has 4 heteroatoms. The Labute approximate surface area is 110 Å². The van der Waals surface area contributed by atoms with Crippen LogP contribution in [0.5, 0.6) is 0 Å². The summed E-state index contributed by atoms with van der Waals surface area (Å²) in [6.07, 6.45) is 6.13. The Balaban J connectivity index is 2.11. The van der Waals surface area contributed by atoms with Crippen LogP contribution in [0.3, 0.4) is 0 Å². The van der Waals surface area contributed by atoms with E-state index in [4.69, 9.17) is 0 Å². The molecule has 0 unspecified atom stereocenters. The molecule has 2 rings (SSSR count). The lowest BCUT2D eigenvalue weighted by Gasteiger charge is -2.01. The van der Waals surface area contributed by atoms with Crippen molar-refractivity contribution >= 4 is 23.5 Å². The summed E-state index contributed by atoms with van der Waals surface area (Å²) in [5.74, 6) is 0. The molecule has 0 atom stereocenters. The molecular weight excluding hydrogens is 240 g/mol. The van der Waals surface area contributed by atoms with Crippen molar-refractivity contribution in [2.45, 2.75) is 0 Å². The highest BCUT2D eigenvalue weighted by Gasteiger charge is 1.99. The summed E-state index contributed by atoms with van der Waals surface area (Å²) in [7, 11) is 0. The number of hydrogen-bond donors (Lipinski definition) is 0. The zero-order valence-electron chi connectivity index (χ0n) is 9.83. The molecule has 0 bridgehead atoms. The highest BCUT2D eigenvalue weighted by Crippen LogP contribution is 2.19. The first-order chi connectivity index (χ1) is 9.31. The summed E-state index contributed by atoms with van der Waals surface area (Å²) in [6.45, 7) is 0. The van der Waals surface area contributed by atoms with Crippen LogP contribution in [-0.2, 0) is 9.59 Å². The maximum absolute atomic E-state index is 10.1. The lowest BCUT2D eigenvalue weighted by molar-refractivity contribution is 0.564. The monoisotopic (exact) mass is 248 g/mol. The molecular formula is C15H8N2O2. The van der Waals surface area contributed by atoms with E-state index >= 15 is 0 Å². The van der Waals surface area contributed by atoms with Gasteiger partial charge in [-0.3, -0.25) is 0 Å². The first kappa shape index (κ1) is 12.7. The molecule has 2 aromatic rings. The van der Waals surface area contributed by atoms with Gasteiger partial charge in [0.2, 0.25) is 12.2 Å². The first-order valence-corrected chi connectivity index (χ1v) is 5.45. The van der Waals surface area contributed by atoms with Crippen molar-refractivity contribution in [2.24, 2.45) is 9.98 Å². The molecule has 2 radical (unpaired) electrons. The lowest BCUT2D eigenvalue weighted by Crippen LogP contribution is -1.83. The number of carbonyl (C=O) groups excluding carboxylic acids is 2. The van der Waals surface area contributed by atoms with E-state index in [-0.39, 0.29) is 0 Å². The Morgan fingerprint density at radius 3 is 1.32 bits per heavy atom. The van der Waals surface area contributed by atoms with Crippen LogP contribution in [0.25, 0.3) is 0 Å². The van der Waals surface area contributed by atoms with Crippen molar-refractivity contribution in [3.8, 4) is 0 Å². The average molecular weight is 248 g/mol. The van der Waals surface area contributed by atoms with E-state index in [2.05, 4.69) is 16.4 Å². The molecule has 0 fully saturated rings. The zero-order chi connectivity index (χ0) is 13.5. The largest absolute Gasteiger partial charge is 0.240 e. The molecule has 19 heavy (non-hydrogen) atoms. The molecule has 2 aromatic carbocycles. The SMILES string of the molecule is O=C=Nc1ccc([C]c2ccc(N=C=O)cc2)cc1. The number of rotatable bonds is 4. The quantitative estimate of drug-likeness (QED) is 0.616. The summed E-state index contributed by atoms with van der Waals surface area (Å²) in [5.41, 5.74) is 2.82. The van der Waals surface area contributed by atoms with Crippen molar-refractivity contribution in [2.75, 3.05) is 0 Å². The van der Waals surface area contributed by atoms with Crippen LogP contribution < -0.4 is 0 Å². The van der Waals surface area contributed by atoms with E-state index in [1.54, 1.807) is 48.5 Å². The minimum Gasteiger partial charge on any atom is -0.211 e. The van der Waals surface area contributed by atoms with Gasteiger partial charge in [0.15, 0.2) is 0 Å². The van der Waals surface area contributed by atoms with Crippen molar-refractivity contribution in [1.29, 1.82) is 0 Å². The molecule has 0 amide bonds. The fraction of sp³-hybridized carbons (Fsp3) is 0. The molecule has 0 saturated heterocycles. The molecule has 0 aliphatic rings. The fourth-order valence-corrected chi connectivity index (χ4v) is 1.51. The number of isocyanates is 2. The third-order valence-corrected chi connectivity index (χ3v) is 2.37. The van der Waals surface area contributed by atoms with Gasteiger partial charge in [0.1, 0.15) is 0 Å². The normalized spacial score (nSPS) is 9.26. The average Bonchev–Trinajstić information content (AvgIpc) is 2.44. The standard InChI is InChI=1S/C15H8N2O2/c18-10-16-14-5-1-12(2-6-14)9-13-3-7-15(8-4-13)17-11-19/h1-8H. The lowest BCUT2D eigenvalue weighted by atomic mass is 10.0. The van der Waals surface area contributed by atoms with Gasteiger partial charge in [0.05, 0.1) is 17.8 Å². The number of hydrogen-bond acceptors (Lipinski definition) is 4. The van der Waals surface area contributed by atoms with Crippen molar-refractivity contribution < 1.29 is 9.59 Å². The Bertz CT molecular complexity index is 588. The molecule has 0 saturated carbocycles. The van der Waals surface area contributed by atoms with Crippen molar-refractivity contribution in [3.63, 3.8) is 0 Å². The molecule has 90 valence electrons. The van der Waals surface area contributed by atoms with E-state index in [0.29, 0.717) is 11.4 Å². The van der Waals surface area contributed by atoms with Gasteiger partial charge in [-0.25, -0.2) is 9.59 Å². The van der Waals surface area contributed by atoms with Gasteiger partial charge < -0.3 is 0 Å². The van der Waals surface area contributed by atoms with Gasteiger partial charge in [0, 0.05) is 0 Å². The number of aliphatic imine (C=N–C) groups is 2. The summed E-state index contributed by atoms with van der Waals surface area (Å²) in [4.78, 5) is 27.2. The predicted octanol–water partition coefficient (Wildman–Crippen LogP) is 3.10. The third kappa shape index (κ3) is 3.58. The van der Waals surface area contributed by atoms with Gasteiger partial charge in [-0.1, -0.05) is 24.3 Å². The summed E-state index contributed by atoms with van der Waals surface area (Å²) < 4.78 is 0. The summed E-state index contributed by atoms with van der Waals surface area (Å²) in [6, 6.07) is 14.0. The maximum Gasteiger partial charge on any atom is 0.240 e.